The molecule has 1 atom stereocenters. The molecular weight excluding hydrogens is 450 g/mol. The van der Waals surface area contributed by atoms with Crippen LogP contribution in [0.15, 0.2) is 46.9 Å². The monoisotopic (exact) mass is 475 g/mol. The Morgan fingerprint density at radius 3 is 2.30 bits per heavy atom. The molecule has 7 nitrogen and oxygen atoms in total. The quantitative estimate of drug-likeness (QED) is 0.545. The molecule has 0 spiro atoms. The fourth-order valence-corrected chi connectivity index (χ4v) is 3.22. The molecule has 3 N–H and O–H groups in total. The molecule has 0 heterocycles. The molecule has 0 saturated carbocycles. The number of amides is 3. The van der Waals surface area contributed by atoms with Crippen molar-refractivity contribution in [1.82, 2.24) is 10.6 Å². The van der Waals surface area contributed by atoms with E-state index in [1.807, 2.05) is 32.9 Å². The number of anilines is 1. The number of rotatable bonds is 8. The smallest absolute Gasteiger partial charge is 0.251 e. The van der Waals surface area contributed by atoms with Crippen LogP contribution in [0, 0.1) is 12.8 Å². The van der Waals surface area contributed by atoms with Crippen LogP contribution in [0.25, 0.3) is 0 Å². The summed E-state index contributed by atoms with van der Waals surface area (Å²) in [6, 6.07) is 11.3. The lowest BCUT2D eigenvalue weighted by molar-refractivity contribution is -0.126. The molecular formula is C22H26BrN3O4. The molecule has 2 aromatic carbocycles. The number of aryl methyl sites for hydroxylation is 1. The standard InChI is InChI=1S/C22H26BrN3O4/c1-13(2)20(26-21(28)15-5-8-17(30-4)9-6-15)22(29)24-12-19(27)25-18-10-7-16(23)11-14(18)3/h5-11,13,20H,12H2,1-4H3,(H,24,29)(H,25,27)(H,26,28). The second kappa shape index (κ2) is 10.8. The van der Waals surface area contributed by atoms with Crippen molar-refractivity contribution in [2.24, 2.45) is 5.92 Å². The van der Waals surface area contributed by atoms with Gasteiger partial charge in [0, 0.05) is 15.7 Å². The lowest BCUT2D eigenvalue weighted by atomic mass is 10.0. The summed E-state index contributed by atoms with van der Waals surface area (Å²) in [7, 11) is 1.54. The van der Waals surface area contributed by atoms with Gasteiger partial charge >= 0.3 is 0 Å². The van der Waals surface area contributed by atoms with Crippen LogP contribution in [0.2, 0.25) is 0 Å². The first-order chi connectivity index (χ1) is 14.2. The van der Waals surface area contributed by atoms with Crippen molar-refractivity contribution in [3.8, 4) is 5.75 Å². The SMILES string of the molecule is COc1ccc(C(=O)NC(C(=O)NCC(=O)Nc2ccc(Br)cc2C)C(C)C)cc1. The molecule has 2 rings (SSSR count). The largest absolute Gasteiger partial charge is 0.497 e. The van der Waals surface area contributed by atoms with E-state index in [-0.39, 0.29) is 24.3 Å². The second-order valence-corrected chi connectivity index (χ2v) is 8.06. The summed E-state index contributed by atoms with van der Waals surface area (Å²) in [5.74, 6) is -0.672. The fourth-order valence-electron chi connectivity index (χ4n) is 2.74. The lowest BCUT2D eigenvalue weighted by Crippen LogP contribution is -2.51. The third-order valence-corrected chi connectivity index (χ3v) is 4.97. The Labute approximate surface area is 184 Å². The van der Waals surface area contributed by atoms with Crippen LogP contribution in [-0.2, 0) is 9.59 Å². The van der Waals surface area contributed by atoms with Crippen molar-refractivity contribution in [2.45, 2.75) is 26.8 Å². The molecule has 0 bridgehead atoms. The Hall–Kier alpha value is -2.87. The van der Waals surface area contributed by atoms with Crippen molar-refractivity contribution in [2.75, 3.05) is 19.0 Å². The first-order valence-corrected chi connectivity index (χ1v) is 10.3. The van der Waals surface area contributed by atoms with Crippen LogP contribution in [0.3, 0.4) is 0 Å². The maximum Gasteiger partial charge on any atom is 0.251 e. The number of methoxy groups -OCH3 is 1. The van der Waals surface area contributed by atoms with E-state index in [4.69, 9.17) is 4.74 Å². The lowest BCUT2D eigenvalue weighted by Gasteiger charge is -2.21. The van der Waals surface area contributed by atoms with Crippen LogP contribution >= 0.6 is 15.9 Å². The summed E-state index contributed by atoms with van der Waals surface area (Å²) in [5, 5.41) is 8.09. The third-order valence-electron chi connectivity index (χ3n) is 4.47. The number of carbonyl (C=O) groups excluding carboxylic acids is 3. The fraction of sp³-hybridized carbons (Fsp3) is 0.318. The van der Waals surface area contributed by atoms with Gasteiger partial charge in [0.15, 0.2) is 0 Å². The zero-order valence-corrected chi connectivity index (χ0v) is 19.0. The molecule has 0 aliphatic rings. The summed E-state index contributed by atoms with van der Waals surface area (Å²) in [5.41, 5.74) is 1.99. The van der Waals surface area contributed by atoms with Crippen LogP contribution in [0.4, 0.5) is 5.69 Å². The first-order valence-electron chi connectivity index (χ1n) is 9.50. The number of hydrogen-bond donors (Lipinski definition) is 3. The zero-order valence-electron chi connectivity index (χ0n) is 17.4. The van der Waals surface area contributed by atoms with E-state index in [1.165, 1.54) is 0 Å². The van der Waals surface area contributed by atoms with E-state index < -0.39 is 11.9 Å². The Bertz CT molecular complexity index is 913. The van der Waals surface area contributed by atoms with Crippen LogP contribution < -0.4 is 20.7 Å². The number of benzene rings is 2. The highest BCUT2D eigenvalue weighted by molar-refractivity contribution is 9.10. The minimum Gasteiger partial charge on any atom is -0.497 e. The van der Waals surface area contributed by atoms with E-state index in [0.29, 0.717) is 17.0 Å². The number of halogens is 1. The summed E-state index contributed by atoms with van der Waals surface area (Å²) >= 11 is 3.37. The van der Waals surface area contributed by atoms with E-state index in [2.05, 4.69) is 31.9 Å². The van der Waals surface area contributed by atoms with Gasteiger partial charge in [-0.15, -0.1) is 0 Å². The molecule has 0 aliphatic heterocycles. The Kier molecular flexibility index (Phi) is 8.41. The molecule has 1 unspecified atom stereocenters. The van der Waals surface area contributed by atoms with E-state index in [9.17, 15) is 14.4 Å². The van der Waals surface area contributed by atoms with Crippen molar-refractivity contribution in [1.29, 1.82) is 0 Å². The molecule has 0 saturated heterocycles. The van der Waals surface area contributed by atoms with Gasteiger partial charge in [0.2, 0.25) is 11.8 Å². The molecule has 8 heteroatoms. The van der Waals surface area contributed by atoms with Gasteiger partial charge in [0.1, 0.15) is 11.8 Å². The minimum absolute atomic E-state index is 0.163. The normalized spacial score (nSPS) is 11.5. The average molecular weight is 476 g/mol. The van der Waals surface area contributed by atoms with Crippen LogP contribution in [0.1, 0.15) is 29.8 Å². The Morgan fingerprint density at radius 1 is 1.07 bits per heavy atom. The minimum atomic E-state index is -0.776. The van der Waals surface area contributed by atoms with Gasteiger partial charge in [0.05, 0.1) is 13.7 Å². The van der Waals surface area contributed by atoms with Crippen molar-refractivity contribution >= 4 is 39.3 Å². The average Bonchev–Trinajstić information content (AvgIpc) is 2.72. The number of hydrogen-bond acceptors (Lipinski definition) is 4. The first kappa shape index (κ1) is 23.4. The highest BCUT2D eigenvalue weighted by Gasteiger charge is 2.25. The maximum absolute atomic E-state index is 12.6. The van der Waals surface area contributed by atoms with Crippen LogP contribution in [0.5, 0.6) is 5.75 Å². The van der Waals surface area contributed by atoms with Gasteiger partial charge in [-0.2, -0.15) is 0 Å². The van der Waals surface area contributed by atoms with Gasteiger partial charge < -0.3 is 20.7 Å². The van der Waals surface area contributed by atoms with Gasteiger partial charge in [-0.3, -0.25) is 14.4 Å². The Balaban J connectivity index is 1.94. The molecule has 0 fully saturated rings. The number of ether oxygens (including phenoxy) is 1. The van der Waals surface area contributed by atoms with Crippen molar-refractivity contribution in [3.63, 3.8) is 0 Å². The predicted molar refractivity (Wildman–Crippen MR) is 120 cm³/mol. The van der Waals surface area contributed by atoms with Gasteiger partial charge in [-0.25, -0.2) is 0 Å². The molecule has 0 aliphatic carbocycles. The number of carbonyl (C=O) groups is 3. The van der Waals surface area contributed by atoms with Gasteiger partial charge in [0.25, 0.3) is 5.91 Å². The topological polar surface area (TPSA) is 96.5 Å². The highest BCUT2D eigenvalue weighted by Crippen LogP contribution is 2.19. The molecule has 3 amide bonds. The molecule has 2 aromatic rings. The summed E-state index contributed by atoms with van der Waals surface area (Å²) in [6.45, 7) is 5.33. The van der Waals surface area contributed by atoms with E-state index in [0.717, 1.165) is 10.0 Å². The molecule has 160 valence electrons. The number of nitrogens with one attached hydrogen (secondary N) is 3. The summed E-state index contributed by atoms with van der Waals surface area (Å²) in [4.78, 5) is 37.3. The predicted octanol–water partition coefficient (Wildman–Crippen LogP) is 3.28. The van der Waals surface area contributed by atoms with E-state index in [1.54, 1.807) is 37.4 Å². The second-order valence-electron chi connectivity index (χ2n) is 7.15. The third kappa shape index (κ3) is 6.59. The molecule has 0 aromatic heterocycles. The molecule has 0 radical (unpaired) electrons. The Morgan fingerprint density at radius 2 is 1.73 bits per heavy atom. The maximum atomic E-state index is 12.6. The van der Waals surface area contributed by atoms with E-state index >= 15 is 0 Å². The zero-order chi connectivity index (χ0) is 22.3. The van der Waals surface area contributed by atoms with Gasteiger partial charge in [-0.1, -0.05) is 29.8 Å². The van der Waals surface area contributed by atoms with Crippen molar-refractivity contribution < 1.29 is 19.1 Å². The summed E-state index contributed by atoms with van der Waals surface area (Å²) in [6.07, 6.45) is 0. The van der Waals surface area contributed by atoms with Crippen molar-refractivity contribution in [3.05, 3.63) is 58.1 Å². The summed E-state index contributed by atoms with van der Waals surface area (Å²) < 4.78 is 6.00. The molecule has 30 heavy (non-hydrogen) atoms. The van der Waals surface area contributed by atoms with Crippen LogP contribution in [-0.4, -0.2) is 37.4 Å². The van der Waals surface area contributed by atoms with Gasteiger partial charge in [-0.05, 0) is 60.9 Å². The highest BCUT2D eigenvalue weighted by atomic mass is 79.9.